The molecule has 13 heteroatoms. The van der Waals surface area contributed by atoms with Crippen LogP contribution in [-0.4, -0.2) is 81.3 Å². The van der Waals surface area contributed by atoms with Crippen molar-refractivity contribution in [3.8, 4) is 11.5 Å². The highest BCUT2D eigenvalue weighted by atomic mass is 35.5. The minimum atomic E-state index is -4.08. The number of amides is 3. The Morgan fingerprint density at radius 2 is 1.84 bits per heavy atom. The summed E-state index contributed by atoms with van der Waals surface area (Å²) in [4.78, 5) is 29.8. The molecule has 1 aliphatic heterocycles. The van der Waals surface area contributed by atoms with Gasteiger partial charge in [0.05, 0.1) is 42.4 Å². The van der Waals surface area contributed by atoms with Gasteiger partial charge in [0.2, 0.25) is 0 Å². The Labute approximate surface area is 256 Å². The number of sulfonamides is 1. The number of rotatable bonds is 9. The Hall–Kier alpha value is -4.00. The maximum atomic E-state index is 13.7. The van der Waals surface area contributed by atoms with Gasteiger partial charge in [-0.05, 0) is 67.6 Å². The van der Waals surface area contributed by atoms with Crippen LogP contribution in [0.5, 0.6) is 11.5 Å². The number of carbonyl (C=O) groups excluding carboxylic acids is 2. The van der Waals surface area contributed by atoms with Crippen molar-refractivity contribution < 1.29 is 32.6 Å². The summed E-state index contributed by atoms with van der Waals surface area (Å²) in [7, 11) is -0.911. The molecule has 230 valence electrons. The molecule has 0 unspecified atom stereocenters. The summed E-state index contributed by atoms with van der Waals surface area (Å²) >= 11 is 5.94. The first-order chi connectivity index (χ1) is 20.4. The summed E-state index contributed by atoms with van der Waals surface area (Å²) in [6.45, 7) is 3.67. The second kappa shape index (κ2) is 13.5. The molecular formula is C30H35ClN4O7S. The van der Waals surface area contributed by atoms with Crippen LogP contribution in [-0.2, 0) is 10.0 Å². The van der Waals surface area contributed by atoms with Crippen molar-refractivity contribution in [3.05, 3.63) is 77.3 Å². The van der Waals surface area contributed by atoms with E-state index < -0.39 is 34.1 Å². The zero-order chi connectivity index (χ0) is 31.3. The largest absolute Gasteiger partial charge is 0.497 e. The van der Waals surface area contributed by atoms with Crippen molar-refractivity contribution in [2.24, 2.45) is 5.92 Å². The molecule has 0 bridgehead atoms. The lowest BCUT2D eigenvalue weighted by Gasteiger charge is -2.38. The summed E-state index contributed by atoms with van der Waals surface area (Å²) in [5.74, 6) is -0.0515. The molecule has 4 rings (SSSR count). The summed E-state index contributed by atoms with van der Waals surface area (Å²) in [5, 5.41) is 13.1. The zero-order valence-corrected chi connectivity index (χ0v) is 25.9. The van der Waals surface area contributed by atoms with E-state index in [1.54, 1.807) is 57.5 Å². The van der Waals surface area contributed by atoms with Crippen molar-refractivity contribution >= 4 is 44.9 Å². The van der Waals surface area contributed by atoms with Crippen molar-refractivity contribution in [2.45, 2.75) is 30.9 Å². The number of aliphatic hydroxyl groups is 1. The van der Waals surface area contributed by atoms with Crippen LogP contribution in [0, 0.1) is 5.92 Å². The van der Waals surface area contributed by atoms with Crippen molar-refractivity contribution in [2.75, 3.05) is 43.9 Å². The van der Waals surface area contributed by atoms with Gasteiger partial charge in [0, 0.05) is 30.2 Å². The van der Waals surface area contributed by atoms with E-state index in [2.05, 4.69) is 10.0 Å². The molecule has 0 aromatic heterocycles. The number of hydrogen-bond acceptors (Lipinski definition) is 7. The Balaban J connectivity index is 1.66. The third-order valence-corrected chi connectivity index (χ3v) is 8.83. The van der Waals surface area contributed by atoms with Gasteiger partial charge >= 0.3 is 6.03 Å². The summed E-state index contributed by atoms with van der Waals surface area (Å²) < 4.78 is 40.7. The van der Waals surface area contributed by atoms with E-state index in [0.717, 1.165) is 0 Å². The highest BCUT2D eigenvalue weighted by Gasteiger charge is 2.35. The first kappa shape index (κ1) is 31.9. The molecule has 3 aromatic carbocycles. The number of hydrogen-bond donors (Lipinski definition) is 3. The van der Waals surface area contributed by atoms with Gasteiger partial charge in [-0.15, -0.1) is 0 Å². The fourth-order valence-electron chi connectivity index (χ4n) is 4.61. The summed E-state index contributed by atoms with van der Waals surface area (Å²) in [6, 6.07) is 16.2. The first-order valence-corrected chi connectivity index (χ1v) is 15.5. The fourth-order valence-corrected chi connectivity index (χ4v) is 5.79. The molecule has 3 aromatic rings. The Kier molecular flexibility index (Phi) is 10.0. The molecule has 0 saturated carbocycles. The molecule has 0 radical (unpaired) electrons. The number of anilines is 2. The van der Waals surface area contributed by atoms with Gasteiger partial charge in [0.25, 0.3) is 15.9 Å². The average Bonchev–Trinajstić information content (AvgIpc) is 2.99. The summed E-state index contributed by atoms with van der Waals surface area (Å²) in [5.41, 5.74) is 0.753. The third-order valence-electron chi connectivity index (χ3n) is 7.20. The van der Waals surface area contributed by atoms with E-state index in [4.69, 9.17) is 21.1 Å². The monoisotopic (exact) mass is 630 g/mol. The van der Waals surface area contributed by atoms with Crippen LogP contribution in [0.4, 0.5) is 16.2 Å². The SMILES string of the molecule is COc1ccc(NC(=O)N(C)C[C@H]2Oc3c(NS(=O)(=O)c4ccc(Cl)cc4)cccc3C(=O)N([C@@H](C)CO)C[C@@H]2C)cc1. The van der Waals surface area contributed by atoms with Crippen LogP contribution in [0.15, 0.2) is 71.6 Å². The molecule has 43 heavy (non-hydrogen) atoms. The highest BCUT2D eigenvalue weighted by Crippen LogP contribution is 2.36. The fraction of sp³-hybridized carbons (Fsp3) is 0.333. The number of fused-ring (bicyclic) bond motifs is 1. The van der Waals surface area contributed by atoms with Gasteiger partial charge < -0.3 is 29.7 Å². The van der Waals surface area contributed by atoms with E-state index >= 15 is 0 Å². The molecule has 1 heterocycles. The minimum Gasteiger partial charge on any atom is -0.497 e. The van der Waals surface area contributed by atoms with Crippen molar-refractivity contribution in [1.82, 2.24) is 9.80 Å². The topological polar surface area (TPSA) is 138 Å². The normalized spacial score (nSPS) is 17.5. The van der Waals surface area contributed by atoms with Crippen LogP contribution < -0.4 is 19.5 Å². The Bertz CT molecular complexity index is 1550. The van der Waals surface area contributed by atoms with E-state index in [-0.39, 0.29) is 47.5 Å². The molecule has 3 amide bonds. The minimum absolute atomic E-state index is 0.0259. The lowest BCUT2D eigenvalue weighted by Crippen LogP contribution is -2.50. The van der Waals surface area contributed by atoms with E-state index in [1.807, 2.05) is 6.92 Å². The second-order valence-corrected chi connectivity index (χ2v) is 12.5. The number of ether oxygens (including phenoxy) is 2. The molecule has 0 aliphatic carbocycles. The first-order valence-electron chi connectivity index (χ1n) is 13.6. The molecule has 11 nitrogen and oxygen atoms in total. The molecule has 0 spiro atoms. The third kappa shape index (κ3) is 7.51. The van der Waals surface area contributed by atoms with Gasteiger partial charge in [-0.3, -0.25) is 9.52 Å². The van der Waals surface area contributed by atoms with Crippen molar-refractivity contribution in [1.29, 1.82) is 0 Å². The molecular weight excluding hydrogens is 596 g/mol. The van der Waals surface area contributed by atoms with E-state index in [0.29, 0.717) is 16.5 Å². The number of likely N-dealkylation sites (N-methyl/N-ethyl adjacent to an activating group) is 1. The number of carbonyl (C=O) groups is 2. The Morgan fingerprint density at radius 1 is 1.16 bits per heavy atom. The number of halogens is 1. The van der Waals surface area contributed by atoms with E-state index in [1.165, 1.54) is 40.1 Å². The molecule has 1 aliphatic rings. The van der Waals surface area contributed by atoms with Gasteiger partial charge in [0.1, 0.15) is 11.9 Å². The molecule has 0 saturated heterocycles. The average molecular weight is 631 g/mol. The maximum Gasteiger partial charge on any atom is 0.321 e. The quantitative estimate of drug-likeness (QED) is 0.316. The number of urea groups is 1. The Morgan fingerprint density at radius 3 is 2.47 bits per heavy atom. The number of nitrogens with one attached hydrogen (secondary N) is 2. The van der Waals surface area contributed by atoms with Crippen LogP contribution in [0.2, 0.25) is 5.02 Å². The molecule has 3 atom stereocenters. The highest BCUT2D eigenvalue weighted by molar-refractivity contribution is 7.92. The van der Waals surface area contributed by atoms with Crippen LogP contribution in [0.3, 0.4) is 0 Å². The van der Waals surface area contributed by atoms with Crippen LogP contribution in [0.25, 0.3) is 0 Å². The number of para-hydroxylation sites is 1. The van der Waals surface area contributed by atoms with E-state index in [9.17, 15) is 23.1 Å². The van der Waals surface area contributed by atoms with Gasteiger partial charge in [-0.25, -0.2) is 13.2 Å². The van der Waals surface area contributed by atoms with Crippen LogP contribution >= 0.6 is 11.6 Å². The second-order valence-electron chi connectivity index (χ2n) is 10.4. The zero-order valence-electron chi connectivity index (χ0n) is 24.3. The smallest absolute Gasteiger partial charge is 0.321 e. The van der Waals surface area contributed by atoms with Gasteiger partial charge in [-0.2, -0.15) is 0 Å². The predicted molar refractivity (Wildman–Crippen MR) is 165 cm³/mol. The number of aliphatic hydroxyl groups excluding tert-OH is 1. The maximum absolute atomic E-state index is 13.7. The summed E-state index contributed by atoms with van der Waals surface area (Å²) in [6.07, 6.45) is -0.659. The van der Waals surface area contributed by atoms with Crippen molar-refractivity contribution in [3.63, 3.8) is 0 Å². The number of benzene rings is 3. The van der Waals surface area contributed by atoms with Gasteiger partial charge in [0.15, 0.2) is 5.75 Å². The molecule has 3 N–H and O–H groups in total. The molecule has 0 fully saturated rings. The number of methoxy groups -OCH3 is 1. The lowest BCUT2D eigenvalue weighted by atomic mass is 9.99. The lowest BCUT2D eigenvalue weighted by molar-refractivity contribution is 0.0373. The van der Waals surface area contributed by atoms with Crippen LogP contribution in [0.1, 0.15) is 24.2 Å². The standard InChI is InChI=1S/C30H35ClN4O7S/c1-19-16-35(20(2)18-36)29(37)25-6-5-7-26(33-43(39,40)24-14-8-21(31)9-15-24)28(25)42-27(19)17-34(3)30(38)32-22-10-12-23(41-4)13-11-22/h5-15,19-20,27,33,36H,16-18H2,1-4H3,(H,32,38)/t19-,20-,27+/m0/s1. The predicted octanol–water partition coefficient (Wildman–Crippen LogP) is 4.53. The van der Waals surface area contributed by atoms with Gasteiger partial charge in [-0.1, -0.05) is 24.6 Å². The number of nitrogens with zero attached hydrogens (tertiary/aromatic N) is 2.